The van der Waals surface area contributed by atoms with Crippen molar-refractivity contribution in [2.75, 3.05) is 32.6 Å². The number of rotatable bonds is 8. The van der Waals surface area contributed by atoms with Crippen LogP contribution in [0, 0.1) is 0 Å². The number of methoxy groups -OCH3 is 1. The molecule has 138 valence electrons. The number of nitrogens with zero attached hydrogens (tertiary/aromatic N) is 1. The molecule has 0 fully saturated rings. The number of hydrogen-bond donors (Lipinski definition) is 1. The standard InChI is InChI=1S/C20H24N2O4/c1-4-26-16-11-9-15(10-12-16)13-22(2)14-19(23)21-18-8-6-5-7-17(18)20(24)25-3/h5-12H,4,13-14H2,1-3H3,(H,21,23). The van der Waals surface area contributed by atoms with Crippen molar-refractivity contribution in [2.24, 2.45) is 0 Å². The zero-order valence-corrected chi connectivity index (χ0v) is 15.3. The van der Waals surface area contributed by atoms with Gasteiger partial charge in [-0.3, -0.25) is 9.69 Å². The first-order chi connectivity index (χ1) is 12.5. The minimum Gasteiger partial charge on any atom is -0.494 e. The number of hydrogen-bond acceptors (Lipinski definition) is 5. The molecule has 0 aliphatic carbocycles. The lowest BCUT2D eigenvalue weighted by atomic mass is 10.1. The first-order valence-electron chi connectivity index (χ1n) is 8.41. The summed E-state index contributed by atoms with van der Waals surface area (Å²) in [6.45, 7) is 3.40. The molecule has 0 spiro atoms. The Kier molecular flexibility index (Phi) is 7.17. The van der Waals surface area contributed by atoms with E-state index in [1.165, 1.54) is 7.11 Å². The molecule has 0 heterocycles. The Balaban J connectivity index is 1.92. The largest absolute Gasteiger partial charge is 0.494 e. The molecule has 0 saturated carbocycles. The Labute approximate surface area is 153 Å². The lowest BCUT2D eigenvalue weighted by Gasteiger charge is -2.17. The van der Waals surface area contributed by atoms with Crippen molar-refractivity contribution in [3.8, 4) is 5.75 Å². The fraction of sp³-hybridized carbons (Fsp3) is 0.300. The second kappa shape index (κ2) is 9.58. The number of likely N-dealkylation sites (N-methyl/N-ethyl adjacent to an activating group) is 1. The van der Waals surface area contributed by atoms with Gasteiger partial charge in [-0.05, 0) is 43.8 Å². The van der Waals surface area contributed by atoms with Crippen LogP contribution in [-0.4, -0.2) is 44.1 Å². The van der Waals surface area contributed by atoms with Crippen molar-refractivity contribution < 1.29 is 19.1 Å². The van der Waals surface area contributed by atoms with E-state index >= 15 is 0 Å². The number of para-hydroxylation sites is 1. The van der Waals surface area contributed by atoms with Gasteiger partial charge in [0.2, 0.25) is 5.91 Å². The zero-order chi connectivity index (χ0) is 18.9. The van der Waals surface area contributed by atoms with Gasteiger partial charge in [-0.15, -0.1) is 0 Å². The molecular weight excluding hydrogens is 332 g/mol. The van der Waals surface area contributed by atoms with E-state index in [1.807, 2.05) is 43.1 Å². The van der Waals surface area contributed by atoms with Crippen molar-refractivity contribution in [3.05, 3.63) is 59.7 Å². The Morgan fingerprint density at radius 1 is 1.08 bits per heavy atom. The second-order valence-corrected chi connectivity index (χ2v) is 5.83. The van der Waals surface area contributed by atoms with Crippen LogP contribution in [0.15, 0.2) is 48.5 Å². The van der Waals surface area contributed by atoms with Gasteiger partial charge in [0.05, 0.1) is 31.5 Å². The molecule has 0 unspecified atom stereocenters. The molecule has 2 aromatic rings. The summed E-state index contributed by atoms with van der Waals surface area (Å²) in [7, 11) is 3.17. The highest BCUT2D eigenvalue weighted by molar-refractivity contribution is 6.01. The molecule has 0 aliphatic rings. The lowest BCUT2D eigenvalue weighted by Crippen LogP contribution is -2.30. The Hall–Kier alpha value is -2.86. The van der Waals surface area contributed by atoms with E-state index in [1.54, 1.807) is 24.3 Å². The van der Waals surface area contributed by atoms with Crippen molar-refractivity contribution in [2.45, 2.75) is 13.5 Å². The van der Waals surface area contributed by atoms with Gasteiger partial charge in [-0.1, -0.05) is 24.3 Å². The molecule has 0 bridgehead atoms. The number of carbonyl (C=O) groups excluding carboxylic acids is 2. The number of carbonyl (C=O) groups is 2. The molecule has 0 aromatic heterocycles. The first kappa shape index (κ1) is 19.5. The summed E-state index contributed by atoms with van der Waals surface area (Å²) in [5.41, 5.74) is 1.86. The van der Waals surface area contributed by atoms with Crippen molar-refractivity contribution >= 4 is 17.6 Å². The summed E-state index contributed by atoms with van der Waals surface area (Å²) in [6.07, 6.45) is 0. The van der Waals surface area contributed by atoms with E-state index in [2.05, 4.69) is 5.32 Å². The molecule has 2 aromatic carbocycles. The molecule has 0 radical (unpaired) electrons. The average Bonchev–Trinajstić information content (AvgIpc) is 2.63. The molecule has 2 rings (SSSR count). The van der Waals surface area contributed by atoms with E-state index in [4.69, 9.17) is 9.47 Å². The zero-order valence-electron chi connectivity index (χ0n) is 15.3. The fourth-order valence-corrected chi connectivity index (χ4v) is 2.54. The number of esters is 1. The molecule has 1 N–H and O–H groups in total. The predicted molar refractivity (Wildman–Crippen MR) is 100 cm³/mol. The summed E-state index contributed by atoms with van der Waals surface area (Å²) >= 11 is 0. The van der Waals surface area contributed by atoms with Gasteiger partial charge < -0.3 is 14.8 Å². The van der Waals surface area contributed by atoms with Crippen LogP contribution in [0.1, 0.15) is 22.8 Å². The highest BCUT2D eigenvalue weighted by Crippen LogP contribution is 2.16. The maximum atomic E-state index is 12.3. The topological polar surface area (TPSA) is 67.9 Å². The van der Waals surface area contributed by atoms with Gasteiger partial charge in [0.15, 0.2) is 0 Å². The average molecular weight is 356 g/mol. The van der Waals surface area contributed by atoms with Crippen molar-refractivity contribution in [1.82, 2.24) is 4.90 Å². The molecular formula is C20H24N2O4. The maximum Gasteiger partial charge on any atom is 0.339 e. The van der Waals surface area contributed by atoms with E-state index in [-0.39, 0.29) is 12.5 Å². The van der Waals surface area contributed by atoms with E-state index in [0.717, 1.165) is 11.3 Å². The molecule has 0 atom stereocenters. The smallest absolute Gasteiger partial charge is 0.339 e. The predicted octanol–water partition coefficient (Wildman–Crippen LogP) is 2.94. The van der Waals surface area contributed by atoms with E-state index in [0.29, 0.717) is 24.4 Å². The van der Waals surface area contributed by atoms with Crippen LogP contribution in [0.3, 0.4) is 0 Å². The molecule has 1 amide bonds. The lowest BCUT2D eigenvalue weighted by molar-refractivity contribution is -0.117. The highest BCUT2D eigenvalue weighted by atomic mass is 16.5. The van der Waals surface area contributed by atoms with Gasteiger partial charge >= 0.3 is 5.97 Å². The molecule has 0 saturated heterocycles. The minimum absolute atomic E-state index is 0.197. The van der Waals surface area contributed by atoms with Gasteiger partial charge in [-0.25, -0.2) is 4.79 Å². The van der Waals surface area contributed by atoms with Crippen LogP contribution in [0.25, 0.3) is 0 Å². The number of benzene rings is 2. The molecule has 0 aliphatic heterocycles. The maximum absolute atomic E-state index is 12.3. The van der Waals surface area contributed by atoms with Crippen molar-refractivity contribution in [1.29, 1.82) is 0 Å². The summed E-state index contributed by atoms with van der Waals surface area (Å²) in [5.74, 6) is 0.148. The fourth-order valence-electron chi connectivity index (χ4n) is 2.54. The van der Waals surface area contributed by atoms with Crippen LogP contribution in [0.4, 0.5) is 5.69 Å². The molecule has 6 heteroatoms. The second-order valence-electron chi connectivity index (χ2n) is 5.83. The number of ether oxygens (including phenoxy) is 2. The normalized spacial score (nSPS) is 10.5. The summed E-state index contributed by atoms with van der Waals surface area (Å²) in [6, 6.07) is 14.6. The van der Waals surface area contributed by atoms with Crippen LogP contribution in [0.2, 0.25) is 0 Å². The van der Waals surface area contributed by atoms with Gasteiger partial charge in [0, 0.05) is 6.54 Å². The van der Waals surface area contributed by atoms with Gasteiger partial charge in [0.25, 0.3) is 0 Å². The van der Waals surface area contributed by atoms with Crippen LogP contribution < -0.4 is 10.1 Å². The monoisotopic (exact) mass is 356 g/mol. The number of amides is 1. The quantitative estimate of drug-likeness (QED) is 0.737. The van der Waals surface area contributed by atoms with E-state index < -0.39 is 5.97 Å². The summed E-state index contributed by atoms with van der Waals surface area (Å²) in [5, 5.41) is 2.77. The van der Waals surface area contributed by atoms with Crippen LogP contribution in [-0.2, 0) is 16.1 Å². The summed E-state index contributed by atoms with van der Waals surface area (Å²) in [4.78, 5) is 25.9. The number of nitrogens with one attached hydrogen (secondary N) is 1. The van der Waals surface area contributed by atoms with Crippen LogP contribution >= 0.6 is 0 Å². The molecule has 26 heavy (non-hydrogen) atoms. The Morgan fingerprint density at radius 3 is 2.42 bits per heavy atom. The van der Waals surface area contributed by atoms with Gasteiger partial charge in [0.1, 0.15) is 5.75 Å². The Bertz CT molecular complexity index is 744. The van der Waals surface area contributed by atoms with Crippen LogP contribution in [0.5, 0.6) is 5.75 Å². The third-order valence-electron chi connectivity index (χ3n) is 3.71. The molecule has 6 nitrogen and oxygen atoms in total. The third-order valence-corrected chi connectivity index (χ3v) is 3.71. The third kappa shape index (κ3) is 5.60. The first-order valence-corrected chi connectivity index (χ1v) is 8.41. The van der Waals surface area contributed by atoms with Crippen molar-refractivity contribution in [3.63, 3.8) is 0 Å². The van der Waals surface area contributed by atoms with Gasteiger partial charge in [-0.2, -0.15) is 0 Å². The number of anilines is 1. The summed E-state index contributed by atoms with van der Waals surface area (Å²) < 4.78 is 10.2. The Morgan fingerprint density at radius 2 is 1.77 bits per heavy atom. The minimum atomic E-state index is -0.483. The highest BCUT2D eigenvalue weighted by Gasteiger charge is 2.14. The van der Waals surface area contributed by atoms with E-state index in [9.17, 15) is 9.59 Å². The SMILES string of the molecule is CCOc1ccc(CN(C)CC(=O)Nc2ccccc2C(=O)OC)cc1.